The van der Waals surface area contributed by atoms with Crippen LogP contribution in [-0.4, -0.2) is 10.2 Å². The molecule has 0 atom stereocenters. The first-order chi connectivity index (χ1) is 10.5. The first kappa shape index (κ1) is 14.2. The lowest BCUT2D eigenvalue weighted by molar-refractivity contribution is 0.467. The summed E-state index contributed by atoms with van der Waals surface area (Å²) in [5.74, 6) is 0.342. The molecule has 0 aliphatic heterocycles. The van der Waals surface area contributed by atoms with Crippen molar-refractivity contribution in [2.75, 3.05) is 0 Å². The average Bonchev–Trinajstić information content (AvgIpc) is 2.50. The molecule has 0 saturated heterocycles. The van der Waals surface area contributed by atoms with E-state index >= 15 is 0 Å². The third-order valence-electron chi connectivity index (χ3n) is 4.00. The van der Waals surface area contributed by atoms with Crippen LogP contribution in [0.25, 0.3) is 27.5 Å². The Bertz CT molecular complexity index is 892. The summed E-state index contributed by atoms with van der Waals surface area (Å²) in [7, 11) is 0. The highest BCUT2D eigenvalue weighted by Gasteiger charge is 2.18. The Hall–Kier alpha value is -2.74. The predicted molar refractivity (Wildman–Crippen MR) is 92.2 cm³/mol. The highest BCUT2D eigenvalue weighted by molar-refractivity contribution is 6.03. The highest BCUT2D eigenvalue weighted by Crippen LogP contribution is 2.45. The van der Waals surface area contributed by atoms with E-state index in [1.807, 2.05) is 56.3 Å². The zero-order valence-electron chi connectivity index (χ0n) is 12.7. The van der Waals surface area contributed by atoms with Crippen molar-refractivity contribution in [2.45, 2.75) is 13.8 Å². The minimum atomic E-state index is 0.155. The molecule has 0 amide bonds. The zero-order valence-corrected chi connectivity index (χ0v) is 12.7. The first-order valence-corrected chi connectivity index (χ1v) is 7.20. The average molecular weight is 290 g/mol. The van der Waals surface area contributed by atoms with Gasteiger partial charge in [-0.15, -0.1) is 0 Å². The smallest absolute Gasteiger partial charge is 0.127 e. The molecule has 0 fully saturated rings. The molecular formula is C20H18O2. The second kappa shape index (κ2) is 5.23. The lowest BCUT2D eigenvalue weighted by Gasteiger charge is -2.17. The van der Waals surface area contributed by atoms with Gasteiger partial charge < -0.3 is 10.2 Å². The monoisotopic (exact) mass is 290 g/mol. The van der Waals surface area contributed by atoms with Gasteiger partial charge in [0.2, 0.25) is 0 Å². The zero-order chi connectivity index (χ0) is 15.9. The molecule has 0 unspecified atom stereocenters. The topological polar surface area (TPSA) is 40.5 Å². The molecular weight excluding hydrogens is 272 g/mol. The Morgan fingerprint density at radius 2 is 1.64 bits per heavy atom. The molecule has 0 bridgehead atoms. The molecule has 0 aromatic heterocycles. The van der Waals surface area contributed by atoms with E-state index in [-0.39, 0.29) is 11.5 Å². The van der Waals surface area contributed by atoms with Crippen LogP contribution in [0.5, 0.6) is 11.5 Å². The van der Waals surface area contributed by atoms with Crippen LogP contribution in [0.4, 0.5) is 0 Å². The van der Waals surface area contributed by atoms with Crippen LogP contribution in [-0.2, 0) is 0 Å². The maximum atomic E-state index is 10.6. The minimum absolute atomic E-state index is 0.155. The number of hydrogen-bond donors (Lipinski definition) is 2. The van der Waals surface area contributed by atoms with Gasteiger partial charge in [-0.3, -0.25) is 0 Å². The van der Waals surface area contributed by atoms with E-state index < -0.39 is 0 Å². The molecule has 2 nitrogen and oxygen atoms in total. The third-order valence-corrected chi connectivity index (χ3v) is 4.00. The molecule has 0 spiro atoms. The lowest BCUT2D eigenvalue weighted by Crippen LogP contribution is -1.92. The van der Waals surface area contributed by atoms with Crippen molar-refractivity contribution in [3.8, 4) is 22.6 Å². The number of aromatic hydroxyl groups is 2. The van der Waals surface area contributed by atoms with Gasteiger partial charge in [-0.1, -0.05) is 54.6 Å². The molecule has 2 N–H and O–H groups in total. The Morgan fingerprint density at radius 3 is 2.36 bits per heavy atom. The van der Waals surface area contributed by atoms with Crippen LogP contribution < -0.4 is 0 Å². The van der Waals surface area contributed by atoms with E-state index in [1.165, 1.54) is 0 Å². The fourth-order valence-corrected chi connectivity index (χ4v) is 2.83. The molecule has 110 valence electrons. The van der Waals surface area contributed by atoms with Crippen LogP contribution in [0.2, 0.25) is 0 Å². The van der Waals surface area contributed by atoms with Crippen LogP contribution in [0, 0.1) is 6.92 Å². The molecule has 0 aliphatic carbocycles. The largest absolute Gasteiger partial charge is 0.507 e. The second-order valence-electron chi connectivity index (χ2n) is 5.61. The van der Waals surface area contributed by atoms with Crippen molar-refractivity contribution in [2.24, 2.45) is 0 Å². The molecule has 22 heavy (non-hydrogen) atoms. The van der Waals surface area contributed by atoms with E-state index in [0.29, 0.717) is 11.1 Å². The number of aryl methyl sites for hydroxylation is 1. The summed E-state index contributed by atoms with van der Waals surface area (Å²) in [5, 5.41) is 23.0. The van der Waals surface area contributed by atoms with Crippen molar-refractivity contribution < 1.29 is 10.2 Å². The Morgan fingerprint density at radius 1 is 0.909 bits per heavy atom. The summed E-state index contributed by atoms with van der Waals surface area (Å²) in [6, 6.07) is 15.2. The van der Waals surface area contributed by atoms with E-state index in [0.717, 1.165) is 27.5 Å². The van der Waals surface area contributed by atoms with Gasteiger partial charge in [0.15, 0.2) is 0 Å². The van der Waals surface area contributed by atoms with E-state index in [9.17, 15) is 10.2 Å². The molecule has 3 rings (SSSR count). The number of phenols is 2. The number of hydrogen-bond acceptors (Lipinski definition) is 2. The maximum absolute atomic E-state index is 10.6. The van der Waals surface area contributed by atoms with Gasteiger partial charge >= 0.3 is 0 Å². The third kappa shape index (κ3) is 2.13. The quantitative estimate of drug-likeness (QED) is 0.676. The predicted octanol–water partition coefficient (Wildman–Crippen LogP) is 5.26. The summed E-state index contributed by atoms with van der Waals surface area (Å²) < 4.78 is 0. The van der Waals surface area contributed by atoms with Crippen molar-refractivity contribution >= 4 is 16.3 Å². The highest BCUT2D eigenvalue weighted by atomic mass is 16.3. The Labute approximate surface area is 130 Å². The number of fused-ring (bicyclic) bond motifs is 1. The summed E-state index contributed by atoms with van der Waals surface area (Å²) in [4.78, 5) is 0. The number of allylic oxidation sites excluding steroid dienone is 1. The molecule has 0 aliphatic rings. The Kier molecular flexibility index (Phi) is 3.38. The summed E-state index contributed by atoms with van der Waals surface area (Å²) in [6.45, 7) is 7.75. The first-order valence-electron chi connectivity index (χ1n) is 7.20. The normalized spacial score (nSPS) is 10.8. The van der Waals surface area contributed by atoms with Crippen LogP contribution >= 0.6 is 0 Å². The summed E-state index contributed by atoms with van der Waals surface area (Å²) >= 11 is 0. The van der Waals surface area contributed by atoms with Gasteiger partial charge in [0.05, 0.1) is 0 Å². The number of rotatable bonds is 2. The van der Waals surface area contributed by atoms with Crippen molar-refractivity contribution in [1.82, 2.24) is 0 Å². The molecule has 0 heterocycles. The van der Waals surface area contributed by atoms with Gasteiger partial charge in [0.1, 0.15) is 11.5 Å². The van der Waals surface area contributed by atoms with E-state index in [2.05, 4.69) is 6.58 Å². The van der Waals surface area contributed by atoms with Gasteiger partial charge in [0, 0.05) is 11.1 Å². The summed E-state index contributed by atoms with van der Waals surface area (Å²) in [6.07, 6.45) is 0. The van der Waals surface area contributed by atoms with Crippen LogP contribution in [0.3, 0.4) is 0 Å². The summed E-state index contributed by atoms with van der Waals surface area (Å²) in [5.41, 5.74) is 3.75. The van der Waals surface area contributed by atoms with E-state index in [1.54, 1.807) is 6.07 Å². The fourth-order valence-electron chi connectivity index (χ4n) is 2.83. The van der Waals surface area contributed by atoms with E-state index in [4.69, 9.17) is 0 Å². The van der Waals surface area contributed by atoms with Crippen molar-refractivity contribution in [3.05, 3.63) is 66.2 Å². The lowest BCUT2D eigenvalue weighted by atomic mass is 9.89. The van der Waals surface area contributed by atoms with Crippen LogP contribution in [0.1, 0.15) is 18.1 Å². The molecule has 2 heteroatoms. The molecule has 0 saturated carbocycles. The minimum Gasteiger partial charge on any atom is -0.507 e. The SMILES string of the molecule is C=C(C)c1ccc(C)c(O)c1-c1c(O)ccc2ccccc12. The van der Waals surface area contributed by atoms with Gasteiger partial charge in [-0.2, -0.15) is 0 Å². The second-order valence-corrected chi connectivity index (χ2v) is 5.61. The van der Waals surface area contributed by atoms with Gasteiger partial charge in [0.25, 0.3) is 0 Å². The number of phenolic OH excluding ortho intramolecular Hbond substituents is 2. The maximum Gasteiger partial charge on any atom is 0.127 e. The van der Waals surface area contributed by atoms with Gasteiger partial charge in [-0.25, -0.2) is 0 Å². The molecule has 3 aromatic carbocycles. The Balaban J connectivity index is 2.49. The van der Waals surface area contributed by atoms with Gasteiger partial charge in [-0.05, 0) is 41.8 Å². The van der Waals surface area contributed by atoms with Crippen LogP contribution in [0.15, 0.2) is 55.1 Å². The standard InChI is InChI=1S/C20H18O2/c1-12(2)15-10-8-13(3)20(22)19(15)18-16-7-5-4-6-14(16)9-11-17(18)21/h4-11,21-22H,1H2,2-3H3. The van der Waals surface area contributed by atoms with Crippen molar-refractivity contribution in [1.29, 1.82) is 0 Å². The molecule has 0 radical (unpaired) electrons. The van der Waals surface area contributed by atoms with Crippen molar-refractivity contribution in [3.63, 3.8) is 0 Å². The number of benzene rings is 3. The fraction of sp³-hybridized carbons (Fsp3) is 0.100. The molecule has 3 aromatic rings.